The van der Waals surface area contributed by atoms with Crippen LogP contribution >= 0.6 is 0 Å². The maximum atomic E-state index is 13.6. The third kappa shape index (κ3) is 5.27. The molecule has 0 aliphatic rings. The van der Waals surface area contributed by atoms with E-state index in [2.05, 4.69) is 10.6 Å². The lowest BCUT2D eigenvalue weighted by molar-refractivity contribution is 0.0529. The second kappa shape index (κ2) is 9.67. The molecule has 1 aromatic heterocycles. The maximum Gasteiger partial charge on any atom is 0.407 e. The number of benzene rings is 2. The van der Waals surface area contributed by atoms with Gasteiger partial charge in [-0.1, -0.05) is 6.07 Å². The Morgan fingerprint density at radius 1 is 1.06 bits per heavy atom. The number of anilines is 1. The minimum atomic E-state index is -0.599. The molecule has 3 aromatic rings. The fourth-order valence-electron chi connectivity index (χ4n) is 3.56. The molecule has 8 heteroatoms. The Kier molecular flexibility index (Phi) is 7.09. The number of ketones is 1. The first-order valence-corrected chi connectivity index (χ1v) is 11.1. The van der Waals surface area contributed by atoms with Gasteiger partial charge in [-0.05, 0) is 76.4 Å². The van der Waals surface area contributed by atoms with Gasteiger partial charge in [0.05, 0.1) is 12.7 Å². The smallest absolute Gasteiger partial charge is 0.407 e. The molecule has 0 unspecified atom stereocenters. The van der Waals surface area contributed by atoms with Crippen LogP contribution < -0.4 is 15.4 Å². The first-order chi connectivity index (χ1) is 15.9. The van der Waals surface area contributed by atoms with Crippen LogP contribution in [0.1, 0.15) is 53.4 Å². The normalized spacial score (nSPS) is 11.4. The van der Waals surface area contributed by atoms with Gasteiger partial charge in [-0.25, -0.2) is 4.79 Å². The highest BCUT2D eigenvalue weighted by atomic mass is 16.6. The number of nitrogens with one attached hydrogen (secondary N) is 2. The van der Waals surface area contributed by atoms with Crippen molar-refractivity contribution in [3.8, 4) is 11.5 Å². The van der Waals surface area contributed by atoms with Crippen LogP contribution in [0.2, 0.25) is 0 Å². The second-order valence-electron chi connectivity index (χ2n) is 9.22. The molecule has 1 amide bonds. The minimum Gasteiger partial charge on any atom is -0.504 e. The van der Waals surface area contributed by atoms with Crippen molar-refractivity contribution in [3.05, 3.63) is 52.1 Å². The van der Waals surface area contributed by atoms with Gasteiger partial charge in [-0.3, -0.25) is 4.79 Å². The number of carbonyl (C=O) groups is 2. The van der Waals surface area contributed by atoms with E-state index in [4.69, 9.17) is 13.9 Å². The molecule has 0 radical (unpaired) electrons. The van der Waals surface area contributed by atoms with E-state index >= 15 is 0 Å². The average molecular weight is 469 g/mol. The largest absolute Gasteiger partial charge is 0.504 e. The molecule has 0 fully saturated rings. The number of furan rings is 1. The summed E-state index contributed by atoms with van der Waals surface area (Å²) in [5.74, 6) is 0.533. The van der Waals surface area contributed by atoms with E-state index in [1.165, 1.54) is 0 Å². The molecular formula is C26H32N2O6. The summed E-state index contributed by atoms with van der Waals surface area (Å²) < 4.78 is 16.6. The molecule has 1 heterocycles. The van der Waals surface area contributed by atoms with Crippen molar-refractivity contribution < 1.29 is 28.6 Å². The molecule has 3 N–H and O–H groups in total. The summed E-state index contributed by atoms with van der Waals surface area (Å²) in [6, 6.07) is 6.99. The van der Waals surface area contributed by atoms with Crippen LogP contribution in [-0.4, -0.2) is 42.8 Å². The number of hydrogen-bond donors (Lipinski definition) is 3. The summed E-state index contributed by atoms with van der Waals surface area (Å²) in [4.78, 5) is 25.5. The number of aryl methyl sites for hydroxylation is 2. The van der Waals surface area contributed by atoms with E-state index in [9.17, 15) is 14.7 Å². The summed E-state index contributed by atoms with van der Waals surface area (Å²) in [6.45, 7) is 11.5. The van der Waals surface area contributed by atoms with E-state index < -0.39 is 11.7 Å². The van der Waals surface area contributed by atoms with Gasteiger partial charge < -0.3 is 29.6 Å². The van der Waals surface area contributed by atoms with E-state index in [1.54, 1.807) is 59.1 Å². The Labute approximate surface area is 199 Å². The second-order valence-corrected chi connectivity index (χ2v) is 9.22. The zero-order chi connectivity index (χ0) is 25.2. The van der Waals surface area contributed by atoms with Crippen LogP contribution in [-0.2, 0) is 4.74 Å². The summed E-state index contributed by atoms with van der Waals surface area (Å²) in [7, 11) is 1.56. The standard InChI is InChI=1S/C26H32N2O6/c1-14-8-9-18-20(22(30)17-12-15(2)16(3)19(13-17)32-7)24(33-23(18)21(14)29)27-10-11-28-25(31)34-26(4,5)6/h8-9,12-13,27,29H,10-11H2,1-7H3,(H,28,31). The van der Waals surface area contributed by atoms with Crippen molar-refractivity contribution in [3.63, 3.8) is 0 Å². The number of ether oxygens (including phenoxy) is 2. The van der Waals surface area contributed by atoms with Crippen molar-refractivity contribution in [2.45, 2.75) is 47.1 Å². The predicted octanol–water partition coefficient (Wildman–Crippen LogP) is 5.24. The Bertz CT molecular complexity index is 1240. The molecule has 0 aliphatic heterocycles. The molecule has 0 atom stereocenters. The number of alkyl carbamates (subject to hydrolysis) is 1. The maximum absolute atomic E-state index is 13.6. The number of carbonyl (C=O) groups excluding carboxylic acids is 2. The van der Waals surface area contributed by atoms with Crippen LogP contribution in [0, 0.1) is 20.8 Å². The molecular weight excluding hydrogens is 436 g/mol. The predicted molar refractivity (Wildman–Crippen MR) is 131 cm³/mol. The topological polar surface area (TPSA) is 110 Å². The van der Waals surface area contributed by atoms with Gasteiger partial charge in [0.2, 0.25) is 5.88 Å². The van der Waals surface area contributed by atoms with Crippen LogP contribution in [0.3, 0.4) is 0 Å². The van der Waals surface area contributed by atoms with Gasteiger partial charge >= 0.3 is 6.09 Å². The van der Waals surface area contributed by atoms with Crippen LogP contribution in [0.5, 0.6) is 11.5 Å². The number of methoxy groups -OCH3 is 1. The van der Waals surface area contributed by atoms with Gasteiger partial charge in [0.1, 0.15) is 11.4 Å². The van der Waals surface area contributed by atoms with Crippen molar-refractivity contribution >= 4 is 28.7 Å². The number of phenols is 1. The third-order valence-electron chi connectivity index (χ3n) is 5.44. The lowest BCUT2D eigenvalue weighted by Crippen LogP contribution is -2.35. The zero-order valence-corrected chi connectivity index (χ0v) is 20.7. The number of amides is 1. The minimum absolute atomic E-state index is 0.0239. The van der Waals surface area contributed by atoms with Crippen molar-refractivity contribution in [2.24, 2.45) is 0 Å². The Morgan fingerprint density at radius 2 is 1.76 bits per heavy atom. The van der Waals surface area contributed by atoms with E-state index in [1.807, 2.05) is 13.8 Å². The number of phenolic OH excluding ortho intramolecular Hbond substituents is 1. The molecule has 182 valence electrons. The molecule has 2 aromatic carbocycles. The first kappa shape index (κ1) is 25.0. The molecule has 0 bridgehead atoms. The summed E-state index contributed by atoms with van der Waals surface area (Å²) in [5, 5.41) is 16.8. The molecule has 0 aliphatic carbocycles. The quantitative estimate of drug-likeness (QED) is 0.321. The summed E-state index contributed by atoms with van der Waals surface area (Å²) >= 11 is 0. The lowest BCUT2D eigenvalue weighted by atomic mass is 9.97. The molecule has 0 saturated carbocycles. The fraction of sp³-hybridized carbons (Fsp3) is 0.385. The third-order valence-corrected chi connectivity index (χ3v) is 5.44. The van der Waals surface area contributed by atoms with Gasteiger partial charge in [-0.2, -0.15) is 0 Å². The van der Waals surface area contributed by atoms with E-state index in [0.717, 1.165) is 11.1 Å². The Hall–Kier alpha value is -3.68. The number of fused-ring (bicyclic) bond motifs is 1. The fourth-order valence-corrected chi connectivity index (χ4v) is 3.56. The summed E-state index contributed by atoms with van der Waals surface area (Å²) in [6.07, 6.45) is -0.536. The Balaban J connectivity index is 1.93. The molecule has 3 rings (SSSR count). The van der Waals surface area contributed by atoms with Crippen molar-refractivity contribution in [1.29, 1.82) is 0 Å². The SMILES string of the molecule is COc1cc(C(=O)c2c(NCCNC(=O)OC(C)(C)C)oc3c(O)c(C)ccc23)cc(C)c1C. The molecule has 0 saturated heterocycles. The van der Waals surface area contributed by atoms with Crippen molar-refractivity contribution in [1.82, 2.24) is 5.32 Å². The first-order valence-electron chi connectivity index (χ1n) is 11.1. The average Bonchev–Trinajstić information content (AvgIpc) is 3.13. The molecule has 0 spiro atoms. The van der Waals surface area contributed by atoms with Gasteiger partial charge in [0.25, 0.3) is 0 Å². The zero-order valence-electron chi connectivity index (χ0n) is 20.7. The number of hydrogen-bond acceptors (Lipinski definition) is 7. The van der Waals surface area contributed by atoms with Gasteiger partial charge in [-0.15, -0.1) is 0 Å². The molecule has 8 nitrogen and oxygen atoms in total. The Morgan fingerprint density at radius 3 is 2.41 bits per heavy atom. The van der Waals surface area contributed by atoms with Crippen molar-refractivity contribution in [2.75, 3.05) is 25.5 Å². The van der Waals surface area contributed by atoms with Gasteiger partial charge in [0.15, 0.2) is 17.1 Å². The highest BCUT2D eigenvalue weighted by Gasteiger charge is 2.25. The van der Waals surface area contributed by atoms with E-state index in [0.29, 0.717) is 27.8 Å². The van der Waals surface area contributed by atoms with Crippen LogP contribution in [0.25, 0.3) is 11.0 Å². The van der Waals surface area contributed by atoms with Gasteiger partial charge in [0, 0.05) is 24.0 Å². The molecule has 34 heavy (non-hydrogen) atoms. The number of rotatable bonds is 7. The lowest BCUT2D eigenvalue weighted by Gasteiger charge is -2.19. The van der Waals surface area contributed by atoms with E-state index in [-0.39, 0.29) is 36.1 Å². The van der Waals surface area contributed by atoms with Crippen LogP contribution in [0.15, 0.2) is 28.7 Å². The highest BCUT2D eigenvalue weighted by molar-refractivity contribution is 6.20. The summed E-state index contributed by atoms with van der Waals surface area (Å²) in [5.41, 5.74) is 2.87. The monoisotopic (exact) mass is 468 g/mol. The van der Waals surface area contributed by atoms with Crippen LogP contribution in [0.4, 0.5) is 10.7 Å². The number of aromatic hydroxyl groups is 1. The highest BCUT2D eigenvalue weighted by Crippen LogP contribution is 2.38.